The number of benzene rings is 2. The Hall–Kier alpha value is -2.53. The lowest BCUT2D eigenvalue weighted by atomic mass is 10.1. The Morgan fingerprint density at radius 3 is 2.41 bits per heavy atom. The molecule has 1 N–H and O–H groups in total. The fourth-order valence-electron chi connectivity index (χ4n) is 3.46. The molecule has 2 aromatic rings. The van der Waals surface area contributed by atoms with E-state index in [1.165, 1.54) is 11.3 Å². The number of para-hydroxylation sites is 2. The number of carbonyl (C=O) groups is 1. The van der Waals surface area contributed by atoms with Gasteiger partial charge in [-0.25, -0.2) is 0 Å². The largest absolute Gasteiger partial charge is 0.496 e. The van der Waals surface area contributed by atoms with Crippen molar-refractivity contribution in [3.63, 3.8) is 0 Å². The zero-order valence-corrected chi connectivity index (χ0v) is 16.1. The summed E-state index contributed by atoms with van der Waals surface area (Å²) in [5.74, 6) is 1.17. The van der Waals surface area contributed by atoms with E-state index >= 15 is 0 Å². The Bertz CT molecular complexity index is 713. The number of nitrogens with zero attached hydrogens (tertiary/aromatic N) is 2. The fraction of sp³-hybridized carbons (Fsp3) is 0.409. The van der Waals surface area contributed by atoms with Gasteiger partial charge in [-0.05, 0) is 36.7 Å². The van der Waals surface area contributed by atoms with Gasteiger partial charge in [0, 0.05) is 44.8 Å². The van der Waals surface area contributed by atoms with E-state index in [2.05, 4.69) is 40.5 Å². The summed E-state index contributed by atoms with van der Waals surface area (Å²) in [6.45, 7) is 4.96. The first-order valence-corrected chi connectivity index (χ1v) is 9.68. The minimum absolute atomic E-state index is 0.243. The number of rotatable bonds is 8. The van der Waals surface area contributed by atoms with Gasteiger partial charge in [0.05, 0.1) is 7.11 Å². The number of methoxy groups -OCH3 is 1. The highest BCUT2D eigenvalue weighted by Gasteiger charge is 2.20. The number of hydrogen-bond donors (Lipinski definition) is 1. The maximum Gasteiger partial charge on any atom is 0.223 e. The van der Waals surface area contributed by atoms with Gasteiger partial charge in [0.1, 0.15) is 5.75 Å². The average molecular weight is 367 g/mol. The van der Waals surface area contributed by atoms with E-state index in [0.717, 1.165) is 44.9 Å². The molecule has 1 aliphatic rings. The maximum atomic E-state index is 12.4. The van der Waals surface area contributed by atoms with E-state index in [1.54, 1.807) is 7.11 Å². The predicted octanol–water partition coefficient (Wildman–Crippen LogP) is 2.57. The van der Waals surface area contributed by atoms with E-state index in [4.69, 9.17) is 4.74 Å². The van der Waals surface area contributed by atoms with Crippen LogP contribution in [-0.2, 0) is 11.2 Å². The molecular formula is C22H29N3O2. The molecule has 1 fully saturated rings. The van der Waals surface area contributed by atoms with Crippen LogP contribution in [-0.4, -0.2) is 57.2 Å². The lowest BCUT2D eigenvalue weighted by molar-refractivity contribution is -0.131. The predicted molar refractivity (Wildman–Crippen MR) is 109 cm³/mol. The third-order valence-electron chi connectivity index (χ3n) is 5.03. The van der Waals surface area contributed by atoms with Crippen LogP contribution in [0.1, 0.15) is 12.0 Å². The number of hydrogen-bond acceptors (Lipinski definition) is 4. The normalized spacial score (nSPS) is 14.3. The molecule has 1 saturated heterocycles. The first-order valence-electron chi connectivity index (χ1n) is 9.68. The van der Waals surface area contributed by atoms with Crippen molar-refractivity contribution in [2.45, 2.75) is 12.8 Å². The third-order valence-corrected chi connectivity index (χ3v) is 5.03. The fourth-order valence-corrected chi connectivity index (χ4v) is 3.46. The SMILES string of the molecule is COc1ccccc1CCNCCC(=O)N1CCN(c2ccccc2)CC1. The summed E-state index contributed by atoms with van der Waals surface area (Å²) in [5.41, 5.74) is 2.43. The van der Waals surface area contributed by atoms with Gasteiger partial charge in [0.15, 0.2) is 0 Å². The smallest absolute Gasteiger partial charge is 0.223 e. The van der Waals surface area contributed by atoms with Gasteiger partial charge in [-0.2, -0.15) is 0 Å². The quantitative estimate of drug-likeness (QED) is 0.729. The standard InChI is InChI=1S/C22H29N3O2/c1-27-21-10-6-5-7-19(21)11-13-23-14-12-22(26)25-17-15-24(16-18-25)20-8-3-2-4-9-20/h2-10,23H,11-18H2,1H3. The van der Waals surface area contributed by atoms with Crippen LogP contribution in [0.3, 0.4) is 0 Å². The van der Waals surface area contributed by atoms with Gasteiger partial charge in [-0.3, -0.25) is 4.79 Å². The van der Waals surface area contributed by atoms with Gasteiger partial charge >= 0.3 is 0 Å². The number of ether oxygens (including phenoxy) is 1. The van der Waals surface area contributed by atoms with Crippen LogP contribution in [0.4, 0.5) is 5.69 Å². The third kappa shape index (κ3) is 5.47. The second kappa shape index (κ2) is 9.97. The summed E-state index contributed by atoms with van der Waals surface area (Å²) >= 11 is 0. The lowest BCUT2D eigenvalue weighted by Gasteiger charge is -2.36. The summed E-state index contributed by atoms with van der Waals surface area (Å²) in [5, 5.41) is 3.38. The Kier molecular flexibility index (Phi) is 7.11. The minimum atomic E-state index is 0.243. The number of carbonyl (C=O) groups excluding carboxylic acids is 1. The summed E-state index contributed by atoms with van der Waals surface area (Å²) in [7, 11) is 1.70. The molecule has 3 rings (SSSR count). The molecule has 0 saturated carbocycles. The van der Waals surface area contributed by atoms with E-state index in [9.17, 15) is 4.79 Å². The lowest BCUT2D eigenvalue weighted by Crippen LogP contribution is -2.49. The monoisotopic (exact) mass is 367 g/mol. The Morgan fingerprint density at radius 1 is 0.963 bits per heavy atom. The van der Waals surface area contributed by atoms with E-state index in [1.807, 2.05) is 29.2 Å². The zero-order valence-electron chi connectivity index (χ0n) is 16.1. The van der Waals surface area contributed by atoms with Gasteiger partial charge in [-0.1, -0.05) is 36.4 Å². The van der Waals surface area contributed by atoms with Gasteiger partial charge in [0.2, 0.25) is 5.91 Å². The average Bonchev–Trinajstić information content (AvgIpc) is 2.74. The molecule has 1 amide bonds. The van der Waals surface area contributed by atoms with Gasteiger partial charge in [-0.15, -0.1) is 0 Å². The molecule has 0 aliphatic carbocycles. The molecule has 0 spiro atoms. The molecule has 0 unspecified atom stereocenters. The number of amides is 1. The number of anilines is 1. The summed E-state index contributed by atoms with van der Waals surface area (Å²) in [6.07, 6.45) is 1.45. The van der Waals surface area contributed by atoms with Crippen molar-refractivity contribution in [2.24, 2.45) is 0 Å². The molecule has 0 aromatic heterocycles. The molecule has 5 nitrogen and oxygen atoms in total. The molecule has 1 heterocycles. The Labute approximate surface area is 161 Å². The summed E-state index contributed by atoms with van der Waals surface area (Å²) in [4.78, 5) is 16.8. The van der Waals surface area contributed by atoms with E-state index < -0.39 is 0 Å². The molecule has 2 aromatic carbocycles. The van der Waals surface area contributed by atoms with Crippen molar-refractivity contribution in [3.05, 3.63) is 60.2 Å². The first-order chi connectivity index (χ1) is 13.3. The Balaban J connectivity index is 1.33. The van der Waals surface area contributed by atoms with Crippen LogP contribution in [0.15, 0.2) is 54.6 Å². The molecule has 144 valence electrons. The van der Waals surface area contributed by atoms with Crippen molar-refractivity contribution in [1.29, 1.82) is 0 Å². The molecule has 0 bridgehead atoms. The van der Waals surface area contributed by atoms with Crippen LogP contribution >= 0.6 is 0 Å². The van der Waals surface area contributed by atoms with Crippen molar-refractivity contribution >= 4 is 11.6 Å². The molecule has 27 heavy (non-hydrogen) atoms. The summed E-state index contributed by atoms with van der Waals surface area (Å²) < 4.78 is 5.37. The van der Waals surface area contributed by atoms with Crippen LogP contribution < -0.4 is 15.0 Å². The van der Waals surface area contributed by atoms with Crippen LogP contribution in [0.25, 0.3) is 0 Å². The Morgan fingerprint density at radius 2 is 1.67 bits per heavy atom. The van der Waals surface area contributed by atoms with Crippen LogP contribution in [0.5, 0.6) is 5.75 Å². The van der Waals surface area contributed by atoms with Crippen LogP contribution in [0, 0.1) is 0 Å². The summed E-state index contributed by atoms with van der Waals surface area (Å²) in [6, 6.07) is 18.5. The number of piperazine rings is 1. The first kappa shape index (κ1) is 19.2. The number of nitrogens with one attached hydrogen (secondary N) is 1. The van der Waals surface area contributed by atoms with E-state index in [-0.39, 0.29) is 5.91 Å². The molecular weight excluding hydrogens is 338 g/mol. The maximum absolute atomic E-state index is 12.4. The van der Waals surface area contributed by atoms with Gasteiger partial charge in [0.25, 0.3) is 0 Å². The van der Waals surface area contributed by atoms with Crippen molar-refractivity contribution in [1.82, 2.24) is 10.2 Å². The topological polar surface area (TPSA) is 44.8 Å². The minimum Gasteiger partial charge on any atom is -0.496 e. The molecule has 0 atom stereocenters. The highest BCUT2D eigenvalue weighted by atomic mass is 16.5. The molecule has 5 heteroatoms. The molecule has 1 aliphatic heterocycles. The second-order valence-corrected chi connectivity index (χ2v) is 6.77. The van der Waals surface area contributed by atoms with Crippen molar-refractivity contribution in [2.75, 3.05) is 51.3 Å². The van der Waals surface area contributed by atoms with Crippen molar-refractivity contribution in [3.8, 4) is 5.75 Å². The highest BCUT2D eigenvalue weighted by Crippen LogP contribution is 2.17. The zero-order chi connectivity index (χ0) is 18.9. The van der Waals surface area contributed by atoms with Crippen LogP contribution in [0.2, 0.25) is 0 Å². The second-order valence-electron chi connectivity index (χ2n) is 6.77. The molecule has 0 radical (unpaired) electrons. The highest BCUT2D eigenvalue weighted by molar-refractivity contribution is 5.76. The van der Waals surface area contributed by atoms with Crippen molar-refractivity contribution < 1.29 is 9.53 Å². The van der Waals surface area contributed by atoms with Gasteiger partial charge < -0.3 is 19.9 Å². The van der Waals surface area contributed by atoms with E-state index in [0.29, 0.717) is 13.0 Å².